The minimum atomic E-state index is -5.06. The molecule has 0 N–H and O–H groups in total. The first kappa shape index (κ1) is 17.2. The van der Waals surface area contributed by atoms with Gasteiger partial charge in [-0.15, -0.1) is 0 Å². The third kappa shape index (κ3) is 3.01. The van der Waals surface area contributed by atoms with E-state index in [-0.39, 0.29) is 64.4 Å². The Bertz CT molecular complexity index is 566. The summed E-state index contributed by atoms with van der Waals surface area (Å²) in [6, 6.07) is 8.80. The Morgan fingerprint density at radius 1 is 1.10 bits per heavy atom. The standard InChI is InChI=1S/C13H12BF3NO2.K/c15-14(16,17)10-6-9-11(10)13(20)18(12(9)19)7-8-4-2-1-3-5-8;/h1-5,9-11H,6-7H2;/q-1;+1. The van der Waals surface area contributed by atoms with Crippen molar-refractivity contribution in [1.82, 2.24) is 4.90 Å². The third-order valence-electron chi connectivity index (χ3n) is 4.22. The van der Waals surface area contributed by atoms with Crippen LogP contribution in [0.15, 0.2) is 30.3 Å². The first-order chi connectivity index (χ1) is 9.39. The zero-order valence-electron chi connectivity index (χ0n) is 11.5. The Morgan fingerprint density at radius 3 is 2.29 bits per heavy atom. The Hall–Kier alpha value is -0.149. The zero-order chi connectivity index (χ0) is 14.5. The van der Waals surface area contributed by atoms with Gasteiger partial charge in [-0.25, -0.2) is 0 Å². The van der Waals surface area contributed by atoms with E-state index in [0.717, 1.165) is 10.5 Å². The molecule has 0 spiro atoms. The van der Waals surface area contributed by atoms with E-state index in [2.05, 4.69) is 0 Å². The Kier molecular flexibility index (Phi) is 5.04. The van der Waals surface area contributed by atoms with Gasteiger partial charge in [-0.3, -0.25) is 14.5 Å². The molecule has 3 atom stereocenters. The van der Waals surface area contributed by atoms with Crippen molar-refractivity contribution in [3.8, 4) is 0 Å². The predicted octanol–water partition coefficient (Wildman–Crippen LogP) is -0.587. The average Bonchev–Trinajstić information content (AvgIpc) is 2.48. The Balaban J connectivity index is 0.00000161. The molecule has 8 heteroatoms. The van der Waals surface area contributed by atoms with E-state index in [1.165, 1.54) is 0 Å². The molecule has 1 saturated heterocycles. The van der Waals surface area contributed by atoms with Gasteiger partial charge in [0, 0.05) is 11.8 Å². The number of amides is 2. The number of rotatable bonds is 3. The minimum absolute atomic E-state index is 0. The van der Waals surface area contributed by atoms with E-state index in [0.29, 0.717) is 0 Å². The van der Waals surface area contributed by atoms with Crippen LogP contribution in [0.2, 0.25) is 5.82 Å². The predicted molar refractivity (Wildman–Crippen MR) is 66.4 cm³/mol. The van der Waals surface area contributed by atoms with Crippen LogP contribution in [0.3, 0.4) is 0 Å². The molecule has 2 aliphatic rings. The van der Waals surface area contributed by atoms with Crippen molar-refractivity contribution >= 4 is 18.8 Å². The van der Waals surface area contributed by atoms with E-state index in [9.17, 15) is 22.5 Å². The molecule has 3 unspecified atom stereocenters. The monoisotopic (exact) mass is 321 g/mol. The number of carbonyl (C=O) groups is 2. The molecule has 1 saturated carbocycles. The van der Waals surface area contributed by atoms with Crippen LogP contribution in [-0.2, 0) is 16.1 Å². The minimum Gasteiger partial charge on any atom is -0.449 e. The summed E-state index contributed by atoms with van der Waals surface area (Å²) < 4.78 is 38.3. The molecule has 106 valence electrons. The van der Waals surface area contributed by atoms with E-state index >= 15 is 0 Å². The van der Waals surface area contributed by atoms with Gasteiger partial charge in [0.15, 0.2) is 0 Å². The number of likely N-dealkylation sites (tertiary alicyclic amines) is 1. The quantitative estimate of drug-likeness (QED) is 0.551. The van der Waals surface area contributed by atoms with Gasteiger partial charge in [-0.2, -0.15) is 0 Å². The van der Waals surface area contributed by atoms with Crippen LogP contribution in [0.4, 0.5) is 12.9 Å². The molecule has 21 heavy (non-hydrogen) atoms. The summed E-state index contributed by atoms with van der Waals surface area (Å²) in [5.74, 6) is -4.66. The largest absolute Gasteiger partial charge is 1.00 e. The second kappa shape index (κ2) is 6.16. The summed E-state index contributed by atoms with van der Waals surface area (Å²) in [6.45, 7) is -5.00. The summed E-state index contributed by atoms with van der Waals surface area (Å²) in [7, 11) is 0. The molecule has 0 bridgehead atoms. The summed E-state index contributed by atoms with van der Waals surface area (Å²) >= 11 is 0. The fourth-order valence-electron chi connectivity index (χ4n) is 3.10. The molecular weight excluding hydrogens is 309 g/mol. The van der Waals surface area contributed by atoms with E-state index in [4.69, 9.17) is 0 Å². The van der Waals surface area contributed by atoms with Crippen LogP contribution in [0.25, 0.3) is 0 Å². The maximum atomic E-state index is 12.8. The maximum absolute atomic E-state index is 12.8. The molecule has 1 aromatic rings. The molecule has 0 radical (unpaired) electrons. The smallest absolute Gasteiger partial charge is 0.449 e. The Labute approximate surface area is 162 Å². The number of fused-ring (bicyclic) bond motifs is 1. The summed E-state index contributed by atoms with van der Waals surface area (Å²) in [5, 5.41) is 0. The molecule has 2 fully saturated rings. The SMILES string of the molecule is O=C1C2CC([B-](F)(F)F)C2C(=O)N1Cc1ccccc1.[K+]. The second-order valence-corrected chi connectivity index (χ2v) is 5.41. The van der Waals surface area contributed by atoms with Crippen LogP contribution in [0, 0.1) is 11.8 Å². The van der Waals surface area contributed by atoms with Crippen LogP contribution in [-0.4, -0.2) is 23.7 Å². The topological polar surface area (TPSA) is 37.4 Å². The molecule has 2 amide bonds. The fourth-order valence-corrected chi connectivity index (χ4v) is 3.10. The fraction of sp³-hybridized carbons (Fsp3) is 0.385. The third-order valence-corrected chi connectivity index (χ3v) is 4.22. The summed E-state index contributed by atoms with van der Waals surface area (Å²) in [6.07, 6.45) is -0.232. The van der Waals surface area contributed by atoms with Crippen LogP contribution < -0.4 is 51.4 Å². The van der Waals surface area contributed by atoms with Gasteiger partial charge in [-0.1, -0.05) is 42.6 Å². The van der Waals surface area contributed by atoms with Crippen molar-refractivity contribution in [2.45, 2.75) is 18.8 Å². The van der Waals surface area contributed by atoms with Gasteiger partial charge in [0.1, 0.15) is 0 Å². The number of hydrogen-bond acceptors (Lipinski definition) is 2. The molecule has 3 rings (SSSR count). The van der Waals surface area contributed by atoms with Gasteiger partial charge in [0.05, 0.1) is 6.54 Å². The molecule has 1 aliphatic carbocycles. The van der Waals surface area contributed by atoms with E-state index in [1.807, 2.05) is 0 Å². The summed E-state index contributed by atoms with van der Waals surface area (Å²) in [5.41, 5.74) is 0.740. The molecule has 0 aromatic heterocycles. The summed E-state index contributed by atoms with van der Waals surface area (Å²) in [4.78, 5) is 25.0. The van der Waals surface area contributed by atoms with Crippen molar-refractivity contribution in [1.29, 1.82) is 0 Å². The molecule has 1 aromatic carbocycles. The van der Waals surface area contributed by atoms with Gasteiger partial charge < -0.3 is 12.9 Å². The maximum Gasteiger partial charge on any atom is 1.00 e. The normalized spacial score (nSPS) is 28.0. The van der Waals surface area contributed by atoms with Crippen molar-refractivity contribution in [3.63, 3.8) is 0 Å². The van der Waals surface area contributed by atoms with E-state index in [1.54, 1.807) is 30.3 Å². The van der Waals surface area contributed by atoms with Gasteiger partial charge in [0.2, 0.25) is 11.8 Å². The molecule has 1 heterocycles. The van der Waals surface area contributed by atoms with Gasteiger partial charge in [0.25, 0.3) is 0 Å². The number of hydrogen-bond donors (Lipinski definition) is 0. The van der Waals surface area contributed by atoms with Gasteiger partial charge >= 0.3 is 58.4 Å². The number of benzene rings is 1. The van der Waals surface area contributed by atoms with Crippen LogP contribution in [0.1, 0.15) is 12.0 Å². The van der Waals surface area contributed by atoms with Crippen molar-refractivity contribution < 1.29 is 73.9 Å². The number of nitrogens with zero attached hydrogens (tertiary/aromatic N) is 1. The number of imide groups is 1. The van der Waals surface area contributed by atoms with Crippen molar-refractivity contribution in [2.24, 2.45) is 11.8 Å². The first-order valence-electron chi connectivity index (χ1n) is 6.48. The van der Waals surface area contributed by atoms with Crippen molar-refractivity contribution in [3.05, 3.63) is 35.9 Å². The zero-order valence-corrected chi connectivity index (χ0v) is 14.6. The Morgan fingerprint density at radius 2 is 1.71 bits per heavy atom. The molecule has 1 aliphatic heterocycles. The second-order valence-electron chi connectivity index (χ2n) is 5.41. The first-order valence-corrected chi connectivity index (χ1v) is 6.48. The van der Waals surface area contributed by atoms with Crippen LogP contribution in [0.5, 0.6) is 0 Å². The van der Waals surface area contributed by atoms with Crippen molar-refractivity contribution in [2.75, 3.05) is 0 Å². The van der Waals surface area contributed by atoms with Crippen LogP contribution >= 0.6 is 0 Å². The number of halogens is 3. The number of carbonyl (C=O) groups excluding carboxylic acids is 2. The van der Waals surface area contributed by atoms with Gasteiger partial charge in [-0.05, 0) is 5.56 Å². The molecular formula is C13H12BF3KNO2. The average molecular weight is 321 g/mol. The molecule has 3 nitrogen and oxygen atoms in total. The van der Waals surface area contributed by atoms with E-state index < -0.39 is 36.4 Å².